The molecule has 0 aromatic carbocycles. The van der Waals surface area contributed by atoms with E-state index in [1.54, 1.807) is 0 Å². The lowest BCUT2D eigenvalue weighted by atomic mass is 9.72. The first kappa shape index (κ1) is 25.2. The molecule has 1 atom stereocenters. The highest BCUT2D eigenvalue weighted by Crippen LogP contribution is 2.40. The average Bonchev–Trinajstić information content (AvgIpc) is 2.60. The Morgan fingerprint density at radius 2 is 1.90 bits per heavy atom. The van der Waals surface area contributed by atoms with E-state index in [2.05, 4.69) is 77.2 Å². The van der Waals surface area contributed by atoms with Crippen LogP contribution in [0.3, 0.4) is 0 Å². The van der Waals surface area contributed by atoms with Crippen molar-refractivity contribution in [2.45, 2.75) is 80.2 Å². The van der Waals surface area contributed by atoms with Crippen molar-refractivity contribution in [3.8, 4) is 0 Å². The van der Waals surface area contributed by atoms with Gasteiger partial charge in [0.15, 0.2) is 0 Å². The lowest BCUT2D eigenvalue weighted by Gasteiger charge is -2.32. The van der Waals surface area contributed by atoms with E-state index < -0.39 is 6.04 Å². The van der Waals surface area contributed by atoms with E-state index >= 15 is 0 Å². The predicted molar refractivity (Wildman–Crippen MR) is 127 cm³/mol. The third kappa shape index (κ3) is 9.45. The summed E-state index contributed by atoms with van der Waals surface area (Å²) >= 11 is 0. The van der Waals surface area contributed by atoms with Crippen molar-refractivity contribution in [1.29, 1.82) is 0 Å². The van der Waals surface area contributed by atoms with Crippen LogP contribution in [0.25, 0.3) is 0 Å². The molecule has 1 amide bonds. The average molecular weight is 399 g/mol. The van der Waals surface area contributed by atoms with Crippen molar-refractivity contribution in [3.63, 3.8) is 0 Å². The quantitative estimate of drug-likeness (QED) is 0.467. The SMILES string of the molecule is CC1=C(/C=C/C(C)=C/C=C/C(C)=C/CNC(=O)[C@@H](N)CC(C)C)C(C)(C)CCC1. The maximum Gasteiger partial charge on any atom is 0.237 e. The van der Waals surface area contributed by atoms with Crippen LogP contribution in [0.4, 0.5) is 0 Å². The van der Waals surface area contributed by atoms with Gasteiger partial charge in [-0.1, -0.05) is 80.9 Å². The van der Waals surface area contributed by atoms with Crippen molar-refractivity contribution in [2.24, 2.45) is 17.1 Å². The van der Waals surface area contributed by atoms with Gasteiger partial charge in [0.25, 0.3) is 0 Å². The van der Waals surface area contributed by atoms with Crippen molar-refractivity contribution < 1.29 is 4.79 Å². The van der Waals surface area contributed by atoms with Crippen molar-refractivity contribution >= 4 is 5.91 Å². The molecule has 0 radical (unpaired) electrons. The number of amides is 1. The summed E-state index contributed by atoms with van der Waals surface area (Å²) < 4.78 is 0. The first-order valence-corrected chi connectivity index (χ1v) is 11.0. The van der Waals surface area contributed by atoms with Gasteiger partial charge < -0.3 is 11.1 Å². The largest absolute Gasteiger partial charge is 0.351 e. The Kier molecular flexibility index (Phi) is 10.4. The van der Waals surface area contributed by atoms with Crippen molar-refractivity contribution in [2.75, 3.05) is 6.54 Å². The molecule has 0 spiro atoms. The Hall–Kier alpha value is -1.87. The highest BCUT2D eigenvalue weighted by atomic mass is 16.2. The van der Waals surface area contributed by atoms with Gasteiger partial charge in [-0.3, -0.25) is 4.79 Å². The standard InChI is InChI=1S/C26H42N2O/c1-19(2)18-24(27)25(29)28-17-15-21(4)11-8-10-20(3)13-14-23-22(5)12-9-16-26(23,6)7/h8,10-11,13-15,19,24H,9,12,16-18,27H2,1-7H3,(H,28,29)/b11-8+,14-13+,20-10+,21-15+/t24-/m0/s1. The summed E-state index contributed by atoms with van der Waals surface area (Å²) in [5.41, 5.74) is 11.5. The Morgan fingerprint density at radius 1 is 1.21 bits per heavy atom. The van der Waals surface area contributed by atoms with Gasteiger partial charge in [0, 0.05) is 6.54 Å². The third-order valence-corrected chi connectivity index (χ3v) is 5.54. The molecule has 3 nitrogen and oxygen atoms in total. The molecule has 3 heteroatoms. The van der Waals surface area contributed by atoms with Crippen LogP contribution in [0.5, 0.6) is 0 Å². The van der Waals surface area contributed by atoms with E-state index in [0.717, 1.165) is 5.57 Å². The topological polar surface area (TPSA) is 55.1 Å². The third-order valence-electron chi connectivity index (χ3n) is 5.54. The van der Waals surface area contributed by atoms with E-state index in [4.69, 9.17) is 5.73 Å². The Morgan fingerprint density at radius 3 is 2.52 bits per heavy atom. The fourth-order valence-corrected chi connectivity index (χ4v) is 3.76. The van der Waals surface area contributed by atoms with Crippen LogP contribution in [-0.4, -0.2) is 18.5 Å². The Bertz CT molecular complexity index is 702. The van der Waals surface area contributed by atoms with Gasteiger partial charge in [-0.05, 0) is 63.4 Å². The van der Waals surface area contributed by atoms with Gasteiger partial charge in [-0.2, -0.15) is 0 Å². The molecule has 0 heterocycles. The lowest BCUT2D eigenvalue weighted by molar-refractivity contribution is -0.122. The molecule has 0 saturated carbocycles. The van der Waals surface area contributed by atoms with E-state index in [-0.39, 0.29) is 11.3 Å². The second-order valence-corrected chi connectivity index (χ2v) is 9.46. The number of hydrogen-bond donors (Lipinski definition) is 2. The molecule has 0 saturated heterocycles. The molecule has 1 aliphatic rings. The summed E-state index contributed by atoms with van der Waals surface area (Å²) in [5, 5.41) is 2.88. The summed E-state index contributed by atoms with van der Waals surface area (Å²) in [5.74, 6) is 0.340. The van der Waals surface area contributed by atoms with E-state index in [1.165, 1.54) is 36.0 Å². The van der Waals surface area contributed by atoms with Crippen LogP contribution in [0.1, 0.15) is 74.1 Å². The van der Waals surface area contributed by atoms with Gasteiger partial charge in [0.05, 0.1) is 6.04 Å². The molecule has 1 aliphatic carbocycles. The molecule has 0 bridgehead atoms. The number of rotatable bonds is 9. The summed E-state index contributed by atoms with van der Waals surface area (Å²) in [6.45, 7) is 15.8. The van der Waals surface area contributed by atoms with Gasteiger partial charge >= 0.3 is 0 Å². The van der Waals surface area contributed by atoms with Crippen LogP contribution in [0, 0.1) is 11.3 Å². The number of allylic oxidation sites excluding steroid dienone is 9. The molecule has 162 valence electrons. The van der Waals surface area contributed by atoms with Gasteiger partial charge in [-0.25, -0.2) is 0 Å². The zero-order valence-electron chi connectivity index (χ0n) is 19.6. The van der Waals surface area contributed by atoms with Gasteiger partial charge in [0.1, 0.15) is 0 Å². The summed E-state index contributed by atoms with van der Waals surface area (Å²) in [4.78, 5) is 11.9. The first-order chi connectivity index (χ1) is 13.5. The summed E-state index contributed by atoms with van der Waals surface area (Å²) in [7, 11) is 0. The maximum atomic E-state index is 11.9. The van der Waals surface area contributed by atoms with E-state index in [9.17, 15) is 4.79 Å². The normalized spacial score (nSPS) is 19.5. The number of hydrogen-bond acceptors (Lipinski definition) is 2. The number of nitrogens with one attached hydrogen (secondary N) is 1. The second kappa shape index (κ2) is 12.0. The Balaban J connectivity index is 2.56. The van der Waals surface area contributed by atoms with Crippen molar-refractivity contribution in [3.05, 3.63) is 58.7 Å². The molecule has 0 unspecified atom stereocenters. The van der Waals surface area contributed by atoms with Gasteiger partial charge in [0.2, 0.25) is 5.91 Å². The molecular formula is C26H42N2O. The molecule has 0 aromatic rings. The second-order valence-electron chi connectivity index (χ2n) is 9.46. The summed E-state index contributed by atoms with van der Waals surface area (Å²) in [6.07, 6.45) is 17.2. The molecule has 0 aliphatic heterocycles. The molecule has 0 aromatic heterocycles. The van der Waals surface area contributed by atoms with E-state index in [0.29, 0.717) is 18.9 Å². The lowest BCUT2D eigenvalue weighted by Crippen LogP contribution is -2.41. The maximum absolute atomic E-state index is 11.9. The van der Waals surface area contributed by atoms with E-state index in [1.807, 2.05) is 13.0 Å². The van der Waals surface area contributed by atoms with Gasteiger partial charge in [-0.15, -0.1) is 0 Å². The van der Waals surface area contributed by atoms with Crippen molar-refractivity contribution in [1.82, 2.24) is 5.32 Å². The molecule has 0 fully saturated rings. The number of carbonyl (C=O) groups excluding carboxylic acids is 1. The zero-order valence-corrected chi connectivity index (χ0v) is 19.6. The van der Waals surface area contributed by atoms with Crippen LogP contribution >= 0.6 is 0 Å². The minimum atomic E-state index is -0.426. The monoisotopic (exact) mass is 398 g/mol. The Labute approximate surface area is 178 Å². The van der Waals surface area contributed by atoms with Crippen LogP contribution in [0.2, 0.25) is 0 Å². The van der Waals surface area contributed by atoms with Crippen LogP contribution in [0.15, 0.2) is 58.7 Å². The molecule has 29 heavy (non-hydrogen) atoms. The minimum absolute atomic E-state index is 0.0807. The fraction of sp³-hybridized carbons (Fsp3) is 0.577. The smallest absolute Gasteiger partial charge is 0.237 e. The number of carbonyl (C=O) groups is 1. The van der Waals surface area contributed by atoms with Crippen LogP contribution in [-0.2, 0) is 4.79 Å². The minimum Gasteiger partial charge on any atom is -0.351 e. The molecule has 1 rings (SSSR count). The first-order valence-electron chi connectivity index (χ1n) is 11.0. The molecule has 3 N–H and O–H groups in total. The zero-order chi connectivity index (χ0) is 22.0. The highest BCUT2D eigenvalue weighted by Gasteiger charge is 2.26. The predicted octanol–water partition coefficient (Wildman–Crippen LogP) is 6.01. The summed E-state index contributed by atoms with van der Waals surface area (Å²) in [6, 6.07) is -0.426. The fourth-order valence-electron chi connectivity index (χ4n) is 3.76. The number of nitrogens with two attached hydrogens (primary N) is 1. The molecular weight excluding hydrogens is 356 g/mol. The highest BCUT2D eigenvalue weighted by molar-refractivity contribution is 5.81. The van der Waals surface area contributed by atoms with Crippen LogP contribution < -0.4 is 11.1 Å².